The Morgan fingerprint density at radius 2 is 1.76 bits per heavy atom. The van der Waals surface area contributed by atoms with Crippen molar-refractivity contribution >= 4 is 22.3 Å². The topological polar surface area (TPSA) is 110 Å². The molecular weight excluding hydrogens is 224 g/mol. The first-order valence-electron chi connectivity index (χ1n) is 4.77. The van der Waals surface area contributed by atoms with Crippen LogP contribution in [0.15, 0.2) is 12.5 Å². The molecule has 1 aromatic heterocycles. The van der Waals surface area contributed by atoms with Gasteiger partial charge in [-0.2, -0.15) is 0 Å². The van der Waals surface area contributed by atoms with Crippen molar-refractivity contribution in [1.29, 1.82) is 0 Å². The number of nitrogens with two attached hydrogens (primary N) is 2. The molecule has 0 aliphatic heterocycles. The molecule has 0 saturated heterocycles. The fourth-order valence-corrected chi connectivity index (χ4v) is 1.70. The van der Waals surface area contributed by atoms with Crippen molar-refractivity contribution in [3.8, 4) is 11.5 Å². The van der Waals surface area contributed by atoms with Crippen molar-refractivity contribution < 1.29 is 14.2 Å². The van der Waals surface area contributed by atoms with E-state index in [2.05, 4.69) is 4.98 Å². The highest BCUT2D eigenvalue weighted by Gasteiger charge is 2.21. The Bertz CT molecular complexity index is 586. The third-order valence-electron chi connectivity index (χ3n) is 2.46. The summed E-state index contributed by atoms with van der Waals surface area (Å²) in [6.07, 6.45) is 2.42. The second-order valence-corrected chi connectivity index (χ2v) is 3.39. The molecule has 0 amide bonds. The first-order valence-corrected chi connectivity index (χ1v) is 4.77. The lowest BCUT2D eigenvalue weighted by atomic mass is 10.1. The van der Waals surface area contributed by atoms with Crippen molar-refractivity contribution in [2.24, 2.45) is 0 Å². The SMILES string of the molecule is COc1c(N)c(N)c(OC)c2nc[n+]([O-])cc12. The van der Waals surface area contributed by atoms with E-state index in [1.54, 1.807) is 0 Å². The number of nitrogen functional groups attached to an aromatic ring is 2. The van der Waals surface area contributed by atoms with E-state index >= 15 is 0 Å². The van der Waals surface area contributed by atoms with E-state index in [4.69, 9.17) is 20.9 Å². The molecule has 7 nitrogen and oxygen atoms in total. The highest BCUT2D eigenvalue weighted by atomic mass is 16.5. The van der Waals surface area contributed by atoms with E-state index in [-0.39, 0.29) is 11.4 Å². The van der Waals surface area contributed by atoms with Crippen LogP contribution in [0.4, 0.5) is 11.4 Å². The molecule has 0 atom stereocenters. The third-order valence-corrected chi connectivity index (χ3v) is 2.46. The fraction of sp³-hybridized carbons (Fsp3) is 0.200. The maximum Gasteiger partial charge on any atom is 0.290 e. The summed E-state index contributed by atoms with van der Waals surface area (Å²) < 4.78 is 10.8. The van der Waals surface area contributed by atoms with Gasteiger partial charge in [0.1, 0.15) is 23.0 Å². The summed E-state index contributed by atoms with van der Waals surface area (Å²) in [5, 5.41) is 11.7. The number of methoxy groups -OCH3 is 2. The number of hydrogen-bond donors (Lipinski definition) is 2. The third kappa shape index (κ3) is 1.52. The molecule has 0 aliphatic rings. The first kappa shape index (κ1) is 11.1. The van der Waals surface area contributed by atoms with E-state index in [0.717, 1.165) is 6.33 Å². The number of fused-ring (bicyclic) bond motifs is 1. The Balaban J connectivity index is 2.96. The maximum atomic E-state index is 11.2. The summed E-state index contributed by atoms with van der Waals surface area (Å²) in [6.45, 7) is 0. The largest absolute Gasteiger partial charge is 0.711 e. The van der Waals surface area contributed by atoms with Crippen molar-refractivity contribution in [1.82, 2.24) is 4.98 Å². The molecule has 0 spiro atoms. The Morgan fingerprint density at radius 1 is 1.18 bits per heavy atom. The lowest BCUT2D eigenvalue weighted by Crippen LogP contribution is -2.25. The Morgan fingerprint density at radius 3 is 2.35 bits per heavy atom. The van der Waals surface area contributed by atoms with Crippen LogP contribution in [0.25, 0.3) is 10.9 Å². The summed E-state index contributed by atoms with van der Waals surface area (Å²) in [4.78, 5) is 3.97. The van der Waals surface area contributed by atoms with Crippen LogP contribution in [0.2, 0.25) is 0 Å². The molecule has 0 saturated carbocycles. The molecular formula is C10H12N4O3. The van der Waals surface area contributed by atoms with Crippen LogP contribution in [0.1, 0.15) is 0 Å². The van der Waals surface area contributed by atoms with Crippen LogP contribution in [-0.2, 0) is 0 Å². The van der Waals surface area contributed by atoms with Crippen molar-refractivity contribution in [2.75, 3.05) is 25.7 Å². The molecule has 0 fully saturated rings. The average molecular weight is 236 g/mol. The zero-order chi connectivity index (χ0) is 12.6. The van der Waals surface area contributed by atoms with Crippen molar-refractivity contribution in [2.45, 2.75) is 0 Å². The number of anilines is 2. The van der Waals surface area contributed by atoms with Gasteiger partial charge in [-0.15, -0.1) is 0 Å². The van der Waals surface area contributed by atoms with Crippen LogP contribution < -0.4 is 25.7 Å². The fourth-order valence-electron chi connectivity index (χ4n) is 1.70. The lowest BCUT2D eigenvalue weighted by Gasteiger charge is -2.13. The van der Waals surface area contributed by atoms with E-state index in [0.29, 0.717) is 27.1 Å². The smallest absolute Gasteiger partial charge is 0.290 e. The van der Waals surface area contributed by atoms with Gasteiger partial charge in [0.15, 0.2) is 11.5 Å². The molecule has 1 heterocycles. The second-order valence-electron chi connectivity index (χ2n) is 3.39. The molecule has 0 radical (unpaired) electrons. The van der Waals surface area contributed by atoms with Gasteiger partial charge in [-0.1, -0.05) is 0 Å². The minimum absolute atomic E-state index is 0.227. The minimum Gasteiger partial charge on any atom is -0.711 e. The molecule has 0 bridgehead atoms. The van der Waals surface area contributed by atoms with Crippen LogP contribution in [0, 0.1) is 5.21 Å². The number of hydrogen-bond acceptors (Lipinski definition) is 6. The second kappa shape index (κ2) is 3.85. The van der Waals surface area contributed by atoms with E-state index in [1.165, 1.54) is 20.4 Å². The van der Waals surface area contributed by atoms with Gasteiger partial charge >= 0.3 is 0 Å². The Kier molecular flexibility index (Phi) is 2.51. The van der Waals surface area contributed by atoms with Crippen molar-refractivity contribution in [3.63, 3.8) is 0 Å². The summed E-state index contributed by atoms with van der Waals surface area (Å²) in [5.74, 6) is 0.648. The molecule has 1 aromatic carbocycles. The monoisotopic (exact) mass is 236 g/mol. The summed E-state index contributed by atoms with van der Waals surface area (Å²) in [7, 11) is 2.90. The van der Waals surface area contributed by atoms with Crippen molar-refractivity contribution in [3.05, 3.63) is 17.7 Å². The predicted octanol–water partition coefficient (Wildman–Crippen LogP) is 0.0498. The van der Waals surface area contributed by atoms with Gasteiger partial charge in [0.05, 0.1) is 14.2 Å². The van der Waals surface area contributed by atoms with Gasteiger partial charge in [0.2, 0.25) is 5.52 Å². The minimum atomic E-state index is 0.227. The van der Waals surface area contributed by atoms with E-state index < -0.39 is 0 Å². The molecule has 0 unspecified atom stereocenters. The van der Waals surface area contributed by atoms with Crippen LogP contribution in [-0.4, -0.2) is 19.2 Å². The van der Waals surface area contributed by atoms with Gasteiger partial charge in [0, 0.05) is 0 Å². The van der Waals surface area contributed by atoms with Gasteiger partial charge in [-0.05, 0) is 4.98 Å². The standard InChI is InChI=1S/C10H12N4O3/c1-16-9-5-3-14(15)4-13-8(5)10(17-2)7(12)6(9)11/h3-4H,11-12H2,1-2H3. The van der Waals surface area contributed by atoms with Crippen LogP contribution >= 0.6 is 0 Å². The first-order chi connectivity index (χ1) is 8.10. The molecule has 90 valence electrons. The van der Waals surface area contributed by atoms with Crippen LogP contribution in [0.3, 0.4) is 0 Å². The molecule has 0 aliphatic carbocycles. The zero-order valence-corrected chi connectivity index (χ0v) is 9.43. The molecule has 2 rings (SSSR count). The highest BCUT2D eigenvalue weighted by molar-refractivity contribution is 6.01. The summed E-state index contributed by atoms with van der Waals surface area (Å²) in [5.41, 5.74) is 12.5. The number of rotatable bonds is 2. The van der Waals surface area contributed by atoms with Gasteiger partial charge < -0.3 is 26.1 Å². The van der Waals surface area contributed by atoms with Crippen LogP contribution in [0.5, 0.6) is 11.5 Å². The Labute approximate surface area is 97.1 Å². The quantitative estimate of drug-likeness (QED) is 0.433. The van der Waals surface area contributed by atoms with Gasteiger partial charge in [-0.3, -0.25) is 0 Å². The number of aromatic nitrogens is 2. The summed E-state index contributed by atoms with van der Waals surface area (Å²) >= 11 is 0. The average Bonchev–Trinajstić information content (AvgIpc) is 2.32. The normalized spacial score (nSPS) is 10.5. The van der Waals surface area contributed by atoms with Gasteiger partial charge in [0.25, 0.3) is 6.33 Å². The zero-order valence-electron chi connectivity index (χ0n) is 9.43. The highest BCUT2D eigenvalue weighted by Crippen LogP contribution is 2.42. The van der Waals surface area contributed by atoms with Gasteiger partial charge in [-0.25, -0.2) is 4.73 Å². The Hall–Kier alpha value is -2.44. The molecule has 4 N–H and O–H groups in total. The predicted molar refractivity (Wildman–Crippen MR) is 62.6 cm³/mol. The number of ether oxygens (including phenoxy) is 2. The molecule has 2 aromatic rings. The van der Waals surface area contributed by atoms with E-state index in [1.807, 2.05) is 0 Å². The van der Waals surface area contributed by atoms with E-state index in [9.17, 15) is 5.21 Å². The summed E-state index contributed by atoms with van der Waals surface area (Å²) in [6, 6.07) is 0. The number of benzene rings is 1. The molecule has 7 heteroatoms. The maximum absolute atomic E-state index is 11.2. The number of nitrogens with zero attached hydrogens (tertiary/aromatic N) is 2. The lowest BCUT2D eigenvalue weighted by molar-refractivity contribution is -0.607. The molecule has 17 heavy (non-hydrogen) atoms.